The van der Waals surface area contributed by atoms with E-state index >= 15 is 0 Å². The molecule has 1 aromatic rings. The van der Waals surface area contributed by atoms with Gasteiger partial charge in [0.1, 0.15) is 0 Å². The lowest BCUT2D eigenvalue weighted by atomic mass is 9.99. The first-order valence-electron chi connectivity index (χ1n) is 10.5. The quantitative estimate of drug-likeness (QED) is 0.308. The number of halogens is 3. The van der Waals surface area contributed by atoms with Gasteiger partial charge in [-0.1, -0.05) is 46.0 Å². The molecule has 0 heterocycles. The Hall–Kier alpha value is -2.08. The van der Waals surface area contributed by atoms with Crippen LogP contribution in [0.4, 0.5) is 13.2 Å². The van der Waals surface area contributed by atoms with Crippen molar-refractivity contribution in [1.82, 2.24) is 0 Å². The Labute approximate surface area is 189 Å². The number of aliphatic hydroxyl groups is 1. The molecule has 0 aliphatic carbocycles. The normalized spacial score (nSPS) is 14.2. The van der Waals surface area contributed by atoms with E-state index in [0.29, 0.717) is 17.5 Å². The van der Waals surface area contributed by atoms with Crippen LogP contribution in [-0.2, 0) is 9.16 Å². The maximum Gasteiger partial charge on any atom is 0.415 e. The second-order valence-corrected chi connectivity index (χ2v) is 13.9. The van der Waals surface area contributed by atoms with Crippen LogP contribution < -0.4 is 0 Å². The van der Waals surface area contributed by atoms with E-state index in [0.717, 1.165) is 0 Å². The minimum Gasteiger partial charge on any atom is -0.465 e. The predicted octanol–water partition coefficient (Wildman–Crippen LogP) is 5.87. The first-order chi connectivity index (χ1) is 14.6. The van der Waals surface area contributed by atoms with Gasteiger partial charge < -0.3 is 14.3 Å². The molecule has 4 nitrogen and oxygen atoms in total. The lowest BCUT2D eigenvalue weighted by Gasteiger charge is -2.36. The van der Waals surface area contributed by atoms with Gasteiger partial charge in [-0.3, -0.25) is 0 Å². The molecule has 1 atom stereocenters. The molecule has 0 saturated carbocycles. The first-order valence-corrected chi connectivity index (χ1v) is 13.4. The van der Waals surface area contributed by atoms with Gasteiger partial charge >= 0.3 is 12.1 Å². The molecule has 32 heavy (non-hydrogen) atoms. The van der Waals surface area contributed by atoms with Crippen molar-refractivity contribution in [1.29, 1.82) is 0 Å². The third-order valence-electron chi connectivity index (χ3n) is 5.59. The molecular weight excluding hydrogens is 437 g/mol. The Morgan fingerprint density at radius 3 is 2.16 bits per heavy atom. The van der Waals surface area contributed by atoms with Gasteiger partial charge in [-0.05, 0) is 48.8 Å². The summed E-state index contributed by atoms with van der Waals surface area (Å²) in [6, 6.07) is 5.99. The fraction of sp³-hybridized carbons (Fsp3) is 0.542. The Morgan fingerprint density at radius 1 is 1.16 bits per heavy atom. The number of benzene rings is 1. The van der Waals surface area contributed by atoms with E-state index in [9.17, 15) is 23.1 Å². The van der Waals surface area contributed by atoms with Gasteiger partial charge in [-0.15, -0.1) is 0 Å². The van der Waals surface area contributed by atoms with Gasteiger partial charge in [0.2, 0.25) is 0 Å². The smallest absolute Gasteiger partial charge is 0.415 e. The standard InChI is InChI=1S/C24H33F3O4Si/c1-8-9-21(28)19(15-12-17-10-13-18(14-11-17)22(29)30-5)20(24(25,26)27)16-31-32(6,7)23(2,3)4/h10-11,13-14,21,28H,8-9,16H2,1-7H3/b20-19+. The van der Waals surface area contributed by atoms with Gasteiger partial charge in [0.15, 0.2) is 8.32 Å². The summed E-state index contributed by atoms with van der Waals surface area (Å²) in [4.78, 5) is 11.5. The van der Waals surface area contributed by atoms with E-state index in [4.69, 9.17) is 4.43 Å². The number of esters is 1. The number of ether oxygens (including phenoxy) is 1. The molecule has 8 heteroatoms. The molecule has 0 bridgehead atoms. The van der Waals surface area contributed by atoms with Gasteiger partial charge in [-0.25, -0.2) is 4.79 Å². The maximum absolute atomic E-state index is 14.0. The lowest BCUT2D eigenvalue weighted by Crippen LogP contribution is -2.42. The van der Waals surface area contributed by atoms with E-state index in [1.807, 2.05) is 33.9 Å². The molecular formula is C24H33F3O4Si. The number of hydrogen-bond acceptors (Lipinski definition) is 4. The molecule has 0 fully saturated rings. The molecule has 0 aliphatic heterocycles. The fourth-order valence-corrected chi connectivity index (χ4v) is 3.44. The molecule has 1 rings (SSSR count). The molecule has 0 saturated heterocycles. The Morgan fingerprint density at radius 2 is 1.72 bits per heavy atom. The Kier molecular flexibility index (Phi) is 9.76. The third kappa shape index (κ3) is 7.80. The molecule has 0 spiro atoms. The first kappa shape index (κ1) is 28.0. The minimum absolute atomic E-state index is 0.144. The van der Waals surface area contributed by atoms with Crippen molar-refractivity contribution in [2.75, 3.05) is 13.7 Å². The van der Waals surface area contributed by atoms with Crippen LogP contribution >= 0.6 is 0 Å². The zero-order valence-electron chi connectivity index (χ0n) is 19.8. The van der Waals surface area contributed by atoms with Crippen LogP contribution in [0.3, 0.4) is 0 Å². The summed E-state index contributed by atoms with van der Waals surface area (Å²) in [7, 11) is -1.20. The summed E-state index contributed by atoms with van der Waals surface area (Å²) in [6.45, 7) is 10.7. The van der Waals surface area contributed by atoms with Gasteiger partial charge in [0.05, 0.1) is 31.0 Å². The summed E-state index contributed by atoms with van der Waals surface area (Å²) >= 11 is 0. The second kappa shape index (κ2) is 11.2. The topological polar surface area (TPSA) is 55.8 Å². The number of alkyl halides is 3. The largest absolute Gasteiger partial charge is 0.465 e. The average Bonchev–Trinajstić information content (AvgIpc) is 2.68. The van der Waals surface area contributed by atoms with Crippen molar-refractivity contribution in [2.45, 2.75) is 70.9 Å². The van der Waals surface area contributed by atoms with E-state index in [1.54, 1.807) is 6.92 Å². The predicted molar refractivity (Wildman–Crippen MR) is 122 cm³/mol. The van der Waals surface area contributed by atoms with Crippen molar-refractivity contribution in [2.24, 2.45) is 0 Å². The highest BCUT2D eigenvalue weighted by Crippen LogP contribution is 2.38. The summed E-state index contributed by atoms with van der Waals surface area (Å²) in [5.41, 5.74) is -0.624. The summed E-state index contributed by atoms with van der Waals surface area (Å²) < 4.78 is 52.4. The Balaban J connectivity index is 3.44. The van der Waals surface area contributed by atoms with Crippen molar-refractivity contribution >= 4 is 14.3 Å². The number of carbonyl (C=O) groups is 1. The molecule has 1 unspecified atom stereocenters. The molecule has 0 aliphatic rings. The molecule has 178 valence electrons. The van der Waals surface area contributed by atoms with Crippen LogP contribution in [0.25, 0.3) is 0 Å². The van der Waals surface area contributed by atoms with Crippen LogP contribution in [0, 0.1) is 11.8 Å². The summed E-state index contributed by atoms with van der Waals surface area (Å²) in [5.74, 6) is 4.71. The summed E-state index contributed by atoms with van der Waals surface area (Å²) in [5, 5.41) is 10.2. The Bertz CT molecular complexity index is 870. The summed E-state index contributed by atoms with van der Waals surface area (Å²) in [6.07, 6.45) is -5.42. The number of aliphatic hydroxyl groups excluding tert-OH is 1. The van der Waals surface area contributed by atoms with Crippen molar-refractivity contribution in [3.05, 3.63) is 46.5 Å². The van der Waals surface area contributed by atoms with Crippen molar-refractivity contribution < 1.29 is 32.2 Å². The minimum atomic E-state index is -4.70. The zero-order valence-corrected chi connectivity index (χ0v) is 20.8. The number of carbonyl (C=O) groups excluding carboxylic acids is 1. The molecule has 0 aromatic heterocycles. The van der Waals surface area contributed by atoms with E-state index in [-0.39, 0.29) is 17.0 Å². The number of methoxy groups -OCH3 is 1. The molecule has 0 radical (unpaired) electrons. The van der Waals surface area contributed by atoms with E-state index in [2.05, 4.69) is 16.6 Å². The van der Waals surface area contributed by atoms with E-state index < -0.39 is 38.7 Å². The third-order valence-corrected chi connectivity index (χ3v) is 10.1. The lowest BCUT2D eigenvalue weighted by molar-refractivity contribution is -0.0986. The fourth-order valence-electron chi connectivity index (χ4n) is 2.51. The maximum atomic E-state index is 14.0. The molecule has 0 amide bonds. The monoisotopic (exact) mass is 470 g/mol. The van der Waals surface area contributed by atoms with Crippen LogP contribution in [0.1, 0.15) is 56.5 Å². The van der Waals surface area contributed by atoms with Gasteiger partial charge in [-0.2, -0.15) is 13.2 Å². The number of rotatable bonds is 7. The van der Waals surface area contributed by atoms with Crippen LogP contribution in [0.5, 0.6) is 0 Å². The van der Waals surface area contributed by atoms with Crippen LogP contribution in [0.15, 0.2) is 35.4 Å². The van der Waals surface area contributed by atoms with Crippen LogP contribution in [-0.4, -0.2) is 45.4 Å². The second-order valence-electron chi connectivity index (χ2n) is 9.06. The highest BCUT2D eigenvalue weighted by Gasteiger charge is 2.42. The molecule has 1 N–H and O–H groups in total. The average molecular weight is 471 g/mol. The van der Waals surface area contributed by atoms with Gasteiger partial charge in [0.25, 0.3) is 0 Å². The SMILES string of the molecule is CCCC(O)/C(C#Cc1ccc(C(=O)OC)cc1)=C(\CO[Si](C)(C)C(C)(C)C)C(F)(F)F. The highest BCUT2D eigenvalue weighted by atomic mass is 28.4. The molecule has 1 aromatic carbocycles. The highest BCUT2D eigenvalue weighted by molar-refractivity contribution is 6.74. The number of hydrogen-bond donors (Lipinski definition) is 1. The van der Waals surface area contributed by atoms with Crippen LogP contribution in [0.2, 0.25) is 18.1 Å². The van der Waals surface area contributed by atoms with Crippen molar-refractivity contribution in [3.8, 4) is 11.8 Å². The van der Waals surface area contributed by atoms with Gasteiger partial charge in [0, 0.05) is 11.1 Å². The van der Waals surface area contributed by atoms with Crippen molar-refractivity contribution in [3.63, 3.8) is 0 Å². The zero-order chi connectivity index (χ0) is 24.7. The van der Waals surface area contributed by atoms with E-state index in [1.165, 1.54) is 31.4 Å².